The minimum absolute atomic E-state index is 0.527. The van der Waals surface area contributed by atoms with Gasteiger partial charge in [0.2, 0.25) is 0 Å². The summed E-state index contributed by atoms with van der Waals surface area (Å²) in [6.45, 7) is 8.35. The molecule has 6 heteroatoms. The van der Waals surface area contributed by atoms with Gasteiger partial charge in [-0.1, -0.05) is 0 Å². The highest BCUT2D eigenvalue weighted by Crippen LogP contribution is 2.11. The molecule has 0 saturated heterocycles. The first-order chi connectivity index (χ1) is 8.08. The smallest absolute Gasteiger partial charge is 0.407 e. The predicted octanol–water partition coefficient (Wildman–Crippen LogP) is 1.07. The fourth-order valence-corrected chi connectivity index (χ4v) is 1.34. The van der Waals surface area contributed by atoms with Crippen molar-refractivity contribution in [1.82, 2.24) is 5.32 Å². The molecule has 0 aromatic heterocycles. The van der Waals surface area contributed by atoms with Crippen molar-refractivity contribution in [2.45, 2.75) is 52.4 Å². The number of ether oxygens (including phenoxy) is 2. The summed E-state index contributed by atoms with van der Waals surface area (Å²) in [5.74, 6) is -1.25. The molecule has 2 N–H and O–H groups in total. The van der Waals surface area contributed by atoms with Gasteiger partial charge in [0.05, 0.1) is 25.2 Å². The van der Waals surface area contributed by atoms with Gasteiger partial charge >= 0.3 is 12.1 Å². The number of aliphatic hydroxyl groups excluding tert-OH is 1. The highest BCUT2D eigenvalue weighted by molar-refractivity contribution is 5.73. The molecule has 0 spiro atoms. The molecule has 0 bridgehead atoms. The number of amides is 1. The van der Waals surface area contributed by atoms with Crippen LogP contribution in [-0.2, 0) is 14.3 Å². The summed E-state index contributed by atoms with van der Waals surface area (Å²) in [5, 5.41) is 12.3. The maximum Gasteiger partial charge on any atom is 0.407 e. The molecule has 0 radical (unpaired) electrons. The second kappa shape index (κ2) is 6.58. The minimum atomic E-state index is -1.04. The summed E-state index contributed by atoms with van der Waals surface area (Å²) < 4.78 is 9.57. The lowest BCUT2D eigenvalue weighted by molar-refractivity contribution is -0.149. The zero-order valence-electron chi connectivity index (χ0n) is 11.8. The molecule has 0 aromatic rings. The van der Waals surface area contributed by atoms with Gasteiger partial charge in [-0.25, -0.2) is 4.79 Å². The van der Waals surface area contributed by atoms with Crippen LogP contribution in [0, 0.1) is 5.92 Å². The van der Waals surface area contributed by atoms with Crippen LogP contribution in [0.5, 0.6) is 0 Å². The Hall–Kier alpha value is -1.30. The van der Waals surface area contributed by atoms with Gasteiger partial charge in [0, 0.05) is 0 Å². The molecule has 18 heavy (non-hydrogen) atoms. The third kappa shape index (κ3) is 5.86. The zero-order chi connectivity index (χ0) is 14.5. The van der Waals surface area contributed by atoms with Gasteiger partial charge in [0.25, 0.3) is 0 Å². The van der Waals surface area contributed by atoms with Crippen molar-refractivity contribution in [2.75, 3.05) is 7.11 Å². The molecular formula is C12H23NO5. The second-order valence-electron chi connectivity index (χ2n) is 5.24. The minimum Gasteiger partial charge on any atom is -0.469 e. The molecule has 0 aliphatic heterocycles. The van der Waals surface area contributed by atoms with Crippen LogP contribution in [0.4, 0.5) is 4.79 Å². The standard InChI is InChI=1S/C12H23NO5/c1-7(10(15)17-6)9(14)8(2)13-11(16)18-12(3,4)5/h7-9,14H,1-6H3,(H,13,16)/t7-,8-,9+/m1/s1. The molecule has 3 atom stereocenters. The second-order valence-corrected chi connectivity index (χ2v) is 5.24. The van der Waals surface area contributed by atoms with Crippen LogP contribution in [0.25, 0.3) is 0 Å². The molecule has 1 amide bonds. The molecule has 0 heterocycles. The largest absolute Gasteiger partial charge is 0.469 e. The van der Waals surface area contributed by atoms with Crippen molar-refractivity contribution in [3.8, 4) is 0 Å². The van der Waals surface area contributed by atoms with Crippen molar-refractivity contribution in [3.05, 3.63) is 0 Å². The molecule has 0 aliphatic rings. The van der Waals surface area contributed by atoms with Gasteiger partial charge in [-0.15, -0.1) is 0 Å². The number of alkyl carbamates (subject to hydrolysis) is 1. The first-order valence-corrected chi connectivity index (χ1v) is 5.84. The first kappa shape index (κ1) is 16.7. The summed E-state index contributed by atoms with van der Waals surface area (Å²) in [4.78, 5) is 22.7. The van der Waals surface area contributed by atoms with Gasteiger partial charge in [-0.2, -0.15) is 0 Å². The van der Waals surface area contributed by atoms with Crippen LogP contribution in [0.2, 0.25) is 0 Å². The lowest BCUT2D eigenvalue weighted by atomic mass is 9.99. The normalized spacial score (nSPS) is 16.4. The van der Waals surface area contributed by atoms with Crippen molar-refractivity contribution >= 4 is 12.1 Å². The molecule has 0 saturated carbocycles. The average molecular weight is 261 g/mol. The van der Waals surface area contributed by atoms with E-state index in [0.29, 0.717) is 0 Å². The SMILES string of the molecule is COC(=O)[C@H](C)[C@H](O)[C@@H](C)NC(=O)OC(C)(C)C. The van der Waals surface area contributed by atoms with Crippen LogP contribution >= 0.6 is 0 Å². The van der Waals surface area contributed by atoms with Crippen molar-refractivity contribution in [2.24, 2.45) is 5.92 Å². The lowest BCUT2D eigenvalue weighted by Crippen LogP contribution is -2.47. The number of methoxy groups -OCH3 is 1. The topological polar surface area (TPSA) is 84.9 Å². The van der Waals surface area contributed by atoms with Gasteiger partial charge in [0.15, 0.2) is 0 Å². The Morgan fingerprint density at radius 3 is 2.11 bits per heavy atom. The van der Waals surface area contributed by atoms with Crippen molar-refractivity contribution in [1.29, 1.82) is 0 Å². The first-order valence-electron chi connectivity index (χ1n) is 5.84. The Bertz CT molecular complexity index is 297. The van der Waals surface area contributed by atoms with E-state index < -0.39 is 35.7 Å². The van der Waals surface area contributed by atoms with Gasteiger partial charge in [0.1, 0.15) is 5.60 Å². The Morgan fingerprint density at radius 1 is 1.22 bits per heavy atom. The molecule has 106 valence electrons. The van der Waals surface area contributed by atoms with E-state index in [9.17, 15) is 14.7 Å². The molecular weight excluding hydrogens is 238 g/mol. The molecule has 0 fully saturated rings. The summed E-state index contributed by atoms with van der Waals surface area (Å²) in [7, 11) is 1.25. The van der Waals surface area contributed by atoms with Crippen molar-refractivity contribution < 1.29 is 24.2 Å². The number of rotatable bonds is 4. The van der Waals surface area contributed by atoms with E-state index >= 15 is 0 Å². The molecule has 0 aromatic carbocycles. The van der Waals surface area contributed by atoms with E-state index in [4.69, 9.17) is 4.74 Å². The Morgan fingerprint density at radius 2 is 1.72 bits per heavy atom. The maximum absolute atomic E-state index is 11.5. The number of nitrogens with one attached hydrogen (secondary N) is 1. The van der Waals surface area contributed by atoms with E-state index in [0.717, 1.165) is 0 Å². The summed E-state index contributed by atoms with van der Waals surface area (Å²) in [6, 6.07) is -0.617. The zero-order valence-corrected chi connectivity index (χ0v) is 11.8. The Balaban J connectivity index is 4.36. The van der Waals surface area contributed by atoms with Crippen LogP contribution < -0.4 is 5.32 Å². The van der Waals surface area contributed by atoms with Crippen LogP contribution in [0.15, 0.2) is 0 Å². The number of carbonyl (C=O) groups excluding carboxylic acids is 2. The van der Waals surface area contributed by atoms with E-state index in [1.54, 1.807) is 27.7 Å². The Kier molecular flexibility index (Phi) is 6.11. The maximum atomic E-state index is 11.5. The van der Waals surface area contributed by atoms with Crippen molar-refractivity contribution in [3.63, 3.8) is 0 Å². The average Bonchev–Trinajstić information content (AvgIpc) is 2.22. The summed E-state index contributed by atoms with van der Waals surface area (Å²) in [6.07, 6.45) is -1.67. The van der Waals surface area contributed by atoms with Crippen LogP contribution in [-0.4, -0.2) is 42.0 Å². The van der Waals surface area contributed by atoms with Gasteiger partial charge in [-0.05, 0) is 34.6 Å². The number of aliphatic hydroxyl groups is 1. The van der Waals surface area contributed by atoms with E-state index in [2.05, 4.69) is 10.1 Å². The third-order valence-electron chi connectivity index (χ3n) is 2.34. The number of carbonyl (C=O) groups is 2. The number of esters is 1. The molecule has 0 rings (SSSR count). The predicted molar refractivity (Wildman–Crippen MR) is 66.0 cm³/mol. The fraction of sp³-hybridized carbons (Fsp3) is 0.833. The van der Waals surface area contributed by atoms with E-state index in [1.165, 1.54) is 14.0 Å². The van der Waals surface area contributed by atoms with E-state index in [1.807, 2.05) is 0 Å². The fourth-order valence-electron chi connectivity index (χ4n) is 1.34. The third-order valence-corrected chi connectivity index (χ3v) is 2.34. The lowest BCUT2D eigenvalue weighted by Gasteiger charge is -2.26. The molecule has 0 unspecified atom stereocenters. The van der Waals surface area contributed by atoms with Gasteiger partial charge in [-0.3, -0.25) is 4.79 Å². The summed E-state index contributed by atoms with van der Waals surface area (Å²) >= 11 is 0. The van der Waals surface area contributed by atoms with E-state index in [-0.39, 0.29) is 0 Å². The summed E-state index contributed by atoms with van der Waals surface area (Å²) in [5.41, 5.74) is -0.608. The highest BCUT2D eigenvalue weighted by atomic mass is 16.6. The number of hydrogen-bond donors (Lipinski definition) is 2. The quantitative estimate of drug-likeness (QED) is 0.739. The monoisotopic (exact) mass is 261 g/mol. The Labute approximate surface area is 108 Å². The van der Waals surface area contributed by atoms with Crippen LogP contribution in [0.3, 0.4) is 0 Å². The highest BCUT2D eigenvalue weighted by Gasteiger charge is 2.29. The van der Waals surface area contributed by atoms with Gasteiger partial charge < -0.3 is 19.9 Å². The van der Waals surface area contributed by atoms with Crippen LogP contribution in [0.1, 0.15) is 34.6 Å². The molecule has 0 aliphatic carbocycles. The number of hydrogen-bond acceptors (Lipinski definition) is 5. The molecule has 6 nitrogen and oxygen atoms in total.